The molecule has 0 fully saturated rings. The normalized spacial score (nSPS) is 12.4. The Hall–Kier alpha value is -3.41. The van der Waals surface area contributed by atoms with Gasteiger partial charge in [0.2, 0.25) is 11.7 Å². The molecule has 6 heteroatoms. The van der Waals surface area contributed by atoms with Crippen LogP contribution in [0.5, 0.6) is 5.88 Å². The van der Waals surface area contributed by atoms with E-state index in [-0.39, 0.29) is 11.5 Å². The highest BCUT2D eigenvalue weighted by atomic mass is 16.6. The van der Waals surface area contributed by atoms with Gasteiger partial charge >= 0.3 is 5.69 Å². The smallest absolute Gasteiger partial charge is 0.311 e. The van der Waals surface area contributed by atoms with E-state index in [0.29, 0.717) is 12.5 Å². The van der Waals surface area contributed by atoms with Crippen LogP contribution in [-0.2, 0) is 19.4 Å². The molecule has 0 spiro atoms. The van der Waals surface area contributed by atoms with Gasteiger partial charge in [0.25, 0.3) is 0 Å². The summed E-state index contributed by atoms with van der Waals surface area (Å²) in [5.41, 5.74) is 4.36. The molecule has 0 unspecified atom stereocenters. The Labute approximate surface area is 157 Å². The maximum absolute atomic E-state index is 11.4. The van der Waals surface area contributed by atoms with Gasteiger partial charge in [0.15, 0.2) is 0 Å². The van der Waals surface area contributed by atoms with Crippen molar-refractivity contribution in [2.24, 2.45) is 0 Å². The van der Waals surface area contributed by atoms with E-state index in [4.69, 9.17) is 4.74 Å². The number of anilines is 2. The van der Waals surface area contributed by atoms with Crippen molar-refractivity contribution in [3.8, 4) is 5.88 Å². The van der Waals surface area contributed by atoms with Gasteiger partial charge in [-0.2, -0.15) is 4.98 Å². The van der Waals surface area contributed by atoms with Crippen molar-refractivity contribution < 1.29 is 9.66 Å². The van der Waals surface area contributed by atoms with E-state index in [0.717, 1.165) is 30.5 Å². The van der Waals surface area contributed by atoms with Crippen LogP contribution in [0.3, 0.4) is 0 Å². The van der Waals surface area contributed by atoms with Crippen LogP contribution in [0.25, 0.3) is 0 Å². The molecule has 0 radical (unpaired) electrons. The van der Waals surface area contributed by atoms with Crippen LogP contribution in [0.1, 0.15) is 23.1 Å². The quantitative estimate of drug-likeness (QED) is 0.504. The van der Waals surface area contributed by atoms with Gasteiger partial charge in [0.05, 0.1) is 4.92 Å². The molecule has 0 atom stereocenters. The molecule has 1 aliphatic rings. The summed E-state index contributed by atoms with van der Waals surface area (Å²) < 4.78 is 5.71. The highest BCUT2D eigenvalue weighted by Crippen LogP contribution is 2.31. The number of fused-ring (bicyclic) bond motifs is 1. The number of nitrogens with one attached hydrogen (secondary N) is 1. The number of rotatable bonds is 6. The third-order valence-electron chi connectivity index (χ3n) is 4.64. The molecule has 0 bridgehead atoms. The SMILES string of the molecule is O=[N+]([O-])c1ccc(OCc2ccccc2)nc1Nc1ccc2c(c1)CCC2. The highest BCUT2D eigenvalue weighted by molar-refractivity contribution is 5.67. The minimum Gasteiger partial charge on any atom is -0.473 e. The van der Waals surface area contributed by atoms with Crippen LogP contribution >= 0.6 is 0 Å². The number of aryl methyl sites for hydroxylation is 2. The summed E-state index contributed by atoms with van der Waals surface area (Å²) in [6, 6.07) is 18.7. The van der Waals surface area contributed by atoms with Gasteiger partial charge in [-0.1, -0.05) is 36.4 Å². The molecule has 0 aliphatic heterocycles. The second-order valence-electron chi connectivity index (χ2n) is 6.51. The van der Waals surface area contributed by atoms with Gasteiger partial charge < -0.3 is 10.1 Å². The average Bonchev–Trinajstić information content (AvgIpc) is 3.15. The monoisotopic (exact) mass is 361 g/mol. The van der Waals surface area contributed by atoms with Crippen molar-refractivity contribution in [3.63, 3.8) is 0 Å². The van der Waals surface area contributed by atoms with E-state index in [1.807, 2.05) is 42.5 Å². The predicted octanol–water partition coefficient (Wildman–Crippen LogP) is 4.80. The molecular weight excluding hydrogens is 342 g/mol. The largest absolute Gasteiger partial charge is 0.473 e. The van der Waals surface area contributed by atoms with E-state index in [9.17, 15) is 10.1 Å². The molecule has 1 N–H and O–H groups in total. The summed E-state index contributed by atoms with van der Waals surface area (Å²) >= 11 is 0. The number of hydrogen-bond donors (Lipinski definition) is 1. The molecular formula is C21H19N3O3. The first kappa shape index (κ1) is 17.0. The van der Waals surface area contributed by atoms with Crippen LogP contribution in [0.2, 0.25) is 0 Å². The van der Waals surface area contributed by atoms with Gasteiger partial charge in [-0.3, -0.25) is 10.1 Å². The summed E-state index contributed by atoms with van der Waals surface area (Å²) in [6.45, 7) is 0.351. The lowest BCUT2D eigenvalue weighted by atomic mass is 10.1. The van der Waals surface area contributed by atoms with Crippen molar-refractivity contribution in [3.05, 3.63) is 87.5 Å². The van der Waals surface area contributed by atoms with Crippen molar-refractivity contribution in [1.29, 1.82) is 0 Å². The molecule has 0 amide bonds. The highest BCUT2D eigenvalue weighted by Gasteiger charge is 2.18. The van der Waals surface area contributed by atoms with Crippen LogP contribution in [0.4, 0.5) is 17.2 Å². The molecule has 1 aliphatic carbocycles. The Bertz CT molecular complexity index is 974. The van der Waals surface area contributed by atoms with E-state index >= 15 is 0 Å². The second kappa shape index (κ2) is 7.45. The van der Waals surface area contributed by atoms with Crippen molar-refractivity contribution in [2.75, 3.05) is 5.32 Å². The summed E-state index contributed by atoms with van der Waals surface area (Å²) in [5, 5.41) is 14.5. The second-order valence-corrected chi connectivity index (χ2v) is 6.51. The molecule has 6 nitrogen and oxygen atoms in total. The topological polar surface area (TPSA) is 77.3 Å². The van der Waals surface area contributed by atoms with E-state index in [2.05, 4.69) is 16.4 Å². The Morgan fingerprint density at radius 2 is 1.85 bits per heavy atom. The maximum Gasteiger partial charge on any atom is 0.311 e. The summed E-state index contributed by atoms with van der Waals surface area (Å²) in [7, 11) is 0. The molecule has 4 rings (SSSR count). The Balaban J connectivity index is 1.56. The number of ether oxygens (including phenoxy) is 1. The third kappa shape index (κ3) is 3.89. The maximum atomic E-state index is 11.4. The van der Waals surface area contributed by atoms with Crippen LogP contribution in [-0.4, -0.2) is 9.91 Å². The number of benzene rings is 2. The summed E-state index contributed by atoms with van der Waals surface area (Å²) in [5.74, 6) is 0.525. The fourth-order valence-corrected chi connectivity index (χ4v) is 3.27. The summed E-state index contributed by atoms with van der Waals surface area (Å²) in [4.78, 5) is 15.3. The molecule has 2 aromatic carbocycles. The fraction of sp³-hybridized carbons (Fsp3) is 0.190. The first-order chi connectivity index (χ1) is 13.2. The van der Waals surface area contributed by atoms with E-state index in [1.165, 1.54) is 23.3 Å². The Morgan fingerprint density at radius 3 is 2.67 bits per heavy atom. The molecule has 136 valence electrons. The zero-order valence-electron chi connectivity index (χ0n) is 14.7. The van der Waals surface area contributed by atoms with Gasteiger partial charge in [-0.25, -0.2) is 0 Å². The number of aromatic nitrogens is 1. The van der Waals surface area contributed by atoms with Crippen LogP contribution in [0, 0.1) is 10.1 Å². The predicted molar refractivity (Wildman–Crippen MR) is 103 cm³/mol. The van der Waals surface area contributed by atoms with E-state index in [1.54, 1.807) is 0 Å². The lowest BCUT2D eigenvalue weighted by Gasteiger charge is -2.11. The standard InChI is InChI=1S/C21H19N3O3/c25-24(26)19-11-12-20(27-14-15-5-2-1-3-6-15)23-21(19)22-18-10-9-16-7-4-8-17(16)13-18/h1-3,5-6,9-13H,4,7-8,14H2,(H,22,23). The zero-order valence-corrected chi connectivity index (χ0v) is 14.7. The first-order valence-corrected chi connectivity index (χ1v) is 8.90. The molecule has 3 aromatic rings. The Kier molecular flexibility index (Phi) is 4.70. The number of pyridine rings is 1. The van der Waals surface area contributed by atoms with Crippen molar-refractivity contribution in [1.82, 2.24) is 4.98 Å². The van der Waals surface area contributed by atoms with Crippen LogP contribution < -0.4 is 10.1 Å². The third-order valence-corrected chi connectivity index (χ3v) is 4.64. The first-order valence-electron chi connectivity index (χ1n) is 8.90. The van der Waals surface area contributed by atoms with Crippen molar-refractivity contribution in [2.45, 2.75) is 25.9 Å². The van der Waals surface area contributed by atoms with Gasteiger partial charge in [0.1, 0.15) is 6.61 Å². The lowest BCUT2D eigenvalue weighted by molar-refractivity contribution is -0.384. The van der Waals surface area contributed by atoms with Gasteiger partial charge in [-0.15, -0.1) is 0 Å². The lowest BCUT2D eigenvalue weighted by Crippen LogP contribution is -2.03. The minimum absolute atomic E-state index is 0.0810. The molecule has 0 saturated heterocycles. The van der Waals surface area contributed by atoms with Gasteiger partial charge in [-0.05, 0) is 48.1 Å². The van der Waals surface area contributed by atoms with Crippen molar-refractivity contribution >= 4 is 17.2 Å². The number of nitro groups is 1. The molecule has 27 heavy (non-hydrogen) atoms. The molecule has 0 saturated carbocycles. The average molecular weight is 361 g/mol. The minimum atomic E-state index is -0.441. The zero-order chi connectivity index (χ0) is 18.6. The summed E-state index contributed by atoms with van der Waals surface area (Å²) in [6.07, 6.45) is 3.29. The molecule has 1 aromatic heterocycles. The van der Waals surface area contributed by atoms with E-state index < -0.39 is 4.92 Å². The number of nitrogens with zero attached hydrogens (tertiary/aromatic N) is 2. The van der Waals surface area contributed by atoms with Crippen LogP contribution in [0.15, 0.2) is 60.7 Å². The van der Waals surface area contributed by atoms with Gasteiger partial charge in [0, 0.05) is 17.8 Å². The fourth-order valence-electron chi connectivity index (χ4n) is 3.27. The number of hydrogen-bond acceptors (Lipinski definition) is 5. The molecule has 1 heterocycles. The Morgan fingerprint density at radius 1 is 1.04 bits per heavy atom.